The zero-order valence-corrected chi connectivity index (χ0v) is 24.0. The molecule has 0 atom stereocenters. The van der Waals surface area contributed by atoms with Crippen LogP contribution in [-0.4, -0.2) is 47.6 Å². The Bertz CT molecular complexity index is 1490. The molecule has 3 heterocycles. The molecule has 0 radical (unpaired) electrons. The number of hydrogen-bond donors (Lipinski definition) is 3. The monoisotopic (exact) mass is 556 g/mol. The second kappa shape index (κ2) is 11.0. The fourth-order valence-corrected chi connectivity index (χ4v) is 6.97. The summed E-state index contributed by atoms with van der Waals surface area (Å²) in [5, 5.41) is 7.92. The number of aromatic nitrogens is 1. The first-order valence-electron chi connectivity index (χ1n) is 15.0. The zero-order chi connectivity index (χ0) is 28.7. The number of carbonyl (C=O) groups excluding carboxylic acids is 3. The number of anilines is 1. The van der Waals surface area contributed by atoms with Crippen LogP contribution in [0.25, 0.3) is 22.0 Å². The second-order valence-corrected chi connectivity index (χ2v) is 12.8. The predicted molar refractivity (Wildman–Crippen MR) is 160 cm³/mol. The maximum Gasteiger partial charge on any atom is 0.309 e. The molecule has 0 spiro atoms. The van der Waals surface area contributed by atoms with E-state index in [1.807, 2.05) is 34.9 Å². The van der Waals surface area contributed by atoms with Gasteiger partial charge in [0.2, 0.25) is 5.91 Å². The van der Waals surface area contributed by atoms with Crippen LogP contribution in [0.1, 0.15) is 79.6 Å². The summed E-state index contributed by atoms with van der Waals surface area (Å²) >= 11 is 0. The first kappa shape index (κ1) is 27.5. The molecular formula is C33H40N4O4. The first-order chi connectivity index (χ1) is 19.7. The van der Waals surface area contributed by atoms with Gasteiger partial charge in [-0.25, -0.2) is 0 Å². The molecule has 41 heavy (non-hydrogen) atoms. The summed E-state index contributed by atoms with van der Waals surface area (Å²) in [6, 6.07) is 13.9. The standard InChI is InChI=1S/C33H40N4O4/c1-33(2)18-28-30(25-5-3-4-6-27(25)37(28)29(38)19-33)21-7-12-24(31(34)39)26(17-21)36-22-8-10-23(11-9-22)41-32(40)20-13-15-35-16-14-20/h3-7,12,17,20,22-23,35-36H,8-11,13-16,18-19H2,1-2H3,(H2,34,39). The molecule has 216 valence electrons. The number of hydrogen-bond acceptors (Lipinski definition) is 6. The summed E-state index contributed by atoms with van der Waals surface area (Å²) < 4.78 is 7.77. The maximum atomic E-state index is 13.3. The Hall–Kier alpha value is -3.65. The Morgan fingerprint density at radius 2 is 1.73 bits per heavy atom. The number of amides is 1. The van der Waals surface area contributed by atoms with Crippen molar-refractivity contribution in [2.75, 3.05) is 18.4 Å². The number of ether oxygens (including phenoxy) is 1. The Morgan fingerprint density at radius 1 is 1.00 bits per heavy atom. The molecule has 1 aliphatic carbocycles. The zero-order valence-electron chi connectivity index (χ0n) is 24.0. The molecular weight excluding hydrogens is 516 g/mol. The van der Waals surface area contributed by atoms with Gasteiger partial charge in [0.1, 0.15) is 6.10 Å². The number of benzene rings is 2. The Kier molecular flexibility index (Phi) is 7.36. The van der Waals surface area contributed by atoms with Crippen LogP contribution < -0.4 is 16.4 Å². The number of nitrogens with two attached hydrogens (primary N) is 1. The van der Waals surface area contributed by atoms with Gasteiger partial charge in [-0.05, 0) is 87.2 Å². The van der Waals surface area contributed by atoms with E-state index in [0.717, 1.165) is 85.8 Å². The minimum absolute atomic E-state index is 0.00464. The lowest BCUT2D eigenvalue weighted by atomic mass is 9.80. The highest BCUT2D eigenvalue weighted by molar-refractivity contribution is 6.06. The van der Waals surface area contributed by atoms with Crippen molar-refractivity contribution >= 4 is 34.4 Å². The molecule has 0 bridgehead atoms. The van der Waals surface area contributed by atoms with E-state index in [9.17, 15) is 14.4 Å². The highest BCUT2D eigenvalue weighted by Crippen LogP contribution is 2.43. The molecule has 1 saturated carbocycles. The van der Waals surface area contributed by atoms with E-state index >= 15 is 0 Å². The predicted octanol–water partition coefficient (Wildman–Crippen LogP) is 5.29. The average molecular weight is 557 g/mol. The number of rotatable bonds is 6. The quantitative estimate of drug-likeness (QED) is 0.356. The van der Waals surface area contributed by atoms with Gasteiger partial charge >= 0.3 is 5.97 Å². The van der Waals surface area contributed by atoms with Gasteiger partial charge in [0.05, 0.1) is 17.0 Å². The number of carbonyl (C=O) groups is 3. The summed E-state index contributed by atoms with van der Waals surface area (Å²) in [5.74, 6) is -0.423. The fraction of sp³-hybridized carbons (Fsp3) is 0.485. The van der Waals surface area contributed by atoms with E-state index in [-0.39, 0.29) is 35.4 Å². The second-order valence-electron chi connectivity index (χ2n) is 12.8. The summed E-state index contributed by atoms with van der Waals surface area (Å²) in [4.78, 5) is 38.3. The van der Waals surface area contributed by atoms with E-state index in [2.05, 4.69) is 30.5 Å². The molecule has 1 amide bonds. The van der Waals surface area contributed by atoms with Gasteiger partial charge in [0.25, 0.3) is 5.91 Å². The third kappa shape index (κ3) is 5.49. The van der Waals surface area contributed by atoms with E-state index in [1.54, 1.807) is 6.07 Å². The minimum atomic E-state index is -0.483. The summed E-state index contributed by atoms with van der Waals surface area (Å²) in [6.45, 7) is 6.01. The number of para-hydroxylation sites is 1. The van der Waals surface area contributed by atoms with Gasteiger partial charge < -0.3 is 21.1 Å². The van der Waals surface area contributed by atoms with Crippen LogP contribution in [0.2, 0.25) is 0 Å². The molecule has 8 nitrogen and oxygen atoms in total. The Labute approximate surface area is 241 Å². The molecule has 3 aliphatic rings. The van der Waals surface area contributed by atoms with Crippen LogP contribution in [-0.2, 0) is 16.0 Å². The van der Waals surface area contributed by atoms with Gasteiger partial charge in [-0.3, -0.25) is 19.0 Å². The van der Waals surface area contributed by atoms with Gasteiger partial charge in [0.15, 0.2) is 0 Å². The fourth-order valence-electron chi connectivity index (χ4n) is 6.97. The van der Waals surface area contributed by atoms with Crippen LogP contribution in [0.4, 0.5) is 5.69 Å². The van der Waals surface area contributed by atoms with Crippen molar-refractivity contribution in [3.63, 3.8) is 0 Å². The van der Waals surface area contributed by atoms with Crippen molar-refractivity contribution in [1.29, 1.82) is 0 Å². The third-order valence-corrected chi connectivity index (χ3v) is 9.06. The molecule has 8 heteroatoms. The molecule has 2 aromatic carbocycles. The minimum Gasteiger partial charge on any atom is -0.462 e. The van der Waals surface area contributed by atoms with Crippen molar-refractivity contribution < 1.29 is 19.1 Å². The number of piperidine rings is 1. The normalized spacial score (nSPS) is 22.7. The lowest BCUT2D eigenvalue weighted by Crippen LogP contribution is -2.36. The van der Waals surface area contributed by atoms with Crippen LogP contribution in [0, 0.1) is 11.3 Å². The van der Waals surface area contributed by atoms with Crippen LogP contribution in [0.15, 0.2) is 42.5 Å². The molecule has 1 aromatic heterocycles. The number of esters is 1. The number of nitrogens with zero attached hydrogens (tertiary/aromatic N) is 1. The van der Waals surface area contributed by atoms with Crippen LogP contribution in [0.5, 0.6) is 0 Å². The molecule has 4 N–H and O–H groups in total. The van der Waals surface area contributed by atoms with E-state index in [0.29, 0.717) is 17.7 Å². The first-order valence-corrected chi connectivity index (χ1v) is 15.0. The van der Waals surface area contributed by atoms with Crippen molar-refractivity contribution in [3.05, 3.63) is 53.7 Å². The summed E-state index contributed by atoms with van der Waals surface area (Å²) in [5.41, 5.74) is 10.7. The summed E-state index contributed by atoms with van der Waals surface area (Å²) in [6.07, 6.45) is 6.15. The topological polar surface area (TPSA) is 115 Å². The van der Waals surface area contributed by atoms with Gasteiger partial charge in [-0.1, -0.05) is 38.1 Å². The summed E-state index contributed by atoms with van der Waals surface area (Å²) in [7, 11) is 0. The Balaban J connectivity index is 1.25. The molecule has 2 fully saturated rings. The van der Waals surface area contributed by atoms with Crippen molar-refractivity contribution in [2.45, 2.75) is 77.4 Å². The van der Waals surface area contributed by atoms with E-state index in [1.165, 1.54) is 0 Å². The smallest absolute Gasteiger partial charge is 0.309 e. The highest BCUT2D eigenvalue weighted by Gasteiger charge is 2.35. The number of primary amides is 1. The lowest BCUT2D eigenvalue weighted by Gasteiger charge is -2.32. The SMILES string of the molecule is CC1(C)CC(=O)n2c(c(-c3ccc(C(N)=O)c(NC4CCC(OC(=O)C5CCNCC5)CC4)c3)c3ccccc32)C1. The maximum absolute atomic E-state index is 13.3. The van der Waals surface area contributed by atoms with Crippen molar-refractivity contribution in [2.24, 2.45) is 17.1 Å². The number of fused-ring (bicyclic) bond motifs is 3. The lowest BCUT2D eigenvalue weighted by molar-refractivity contribution is -0.156. The third-order valence-electron chi connectivity index (χ3n) is 9.06. The van der Waals surface area contributed by atoms with Crippen LogP contribution >= 0.6 is 0 Å². The molecule has 2 aliphatic heterocycles. The van der Waals surface area contributed by atoms with Gasteiger partial charge in [0, 0.05) is 34.8 Å². The van der Waals surface area contributed by atoms with Crippen LogP contribution in [0.3, 0.4) is 0 Å². The molecule has 6 rings (SSSR count). The molecule has 3 aromatic rings. The van der Waals surface area contributed by atoms with Crippen molar-refractivity contribution in [3.8, 4) is 11.1 Å². The molecule has 1 saturated heterocycles. The Morgan fingerprint density at radius 3 is 2.46 bits per heavy atom. The highest BCUT2D eigenvalue weighted by atomic mass is 16.5. The largest absolute Gasteiger partial charge is 0.462 e. The van der Waals surface area contributed by atoms with E-state index in [4.69, 9.17) is 10.5 Å². The molecule has 0 unspecified atom stereocenters. The van der Waals surface area contributed by atoms with E-state index < -0.39 is 5.91 Å². The van der Waals surface area contributed by atoms with Gasteiger partial charge in [-0.15, -0.1) is 0 Å². The average Bonchev–Trinajstić information content (AvgIpc) is 3.27. The number of nitrogens with one attached hydrogen (secondary N) is 2. The van der Waals surface area contributed by atoms with Crippen molar-refractivity contribution in [1.82, 2.24) is 9.88 Å². The van der Waals surface area contributed by atoms with Gasteiger partial charge in [-0.2, -0.15) is 0 Å².